The number of rotatable bonds is 9. The Kier molecular flexibility index (Phi) is 12.2. The van der Waals surface area contributed by atoms with Crippen LogP contribution < -0.4 is 10.6 Å². The number of piperidine rings is 1. The topological polar surface area (TPSA) is 105 Å². The van der Waals surface area contributed by atoms with Crippen LogP contribution >= 0.6 is 24.0 Å². The summed E-state index contributed by atoms with van der Waals surface area (Å²) in [7, 11) is 1.73. The predicted octanol–water partition coefficient (Wildman–Crippen LogP) is 2.88. The third-order valence-electron chi connectivity index (χ3n) is 5.38. The number of nitrogens with one attached hydrogen (secondary N) is 2. The van der Waals surface area contributed by atoms with Crippen LogP contribution in [0.5, 0.6) is 0 Å². The highest BCUT2D eigenvalue weighted by molar-refractivity contribution is 14.0. The summed E-state index contributed by atoms with van der Waals surface area (Å²) >= 11 is 0. The van der Waals surface area contributed by atoms with Gasteiger partial charge in [0.15, 0.2) is 11.8 Å². The number of halogens is 1. The summed E-state index contributed by atoms with van der Waals surface area (Å²) in [5, 5.41) is 10.6. The summed E-state index contributed by atoms with van der Waals surface area (Å²) in [5.74, 6) is 2.16. The van der Waals surface area contributed by atoms with E-state index in [9.17, 15) is 4.79 Å². The van der Waals surface area contributed by atoms with E-state index in [1.165, 1.54) is 0 Å². The Labute approximate surface area is 196 Å². The molecule has 1 amide bonds. The van der Waals surface area contributed by atoms with Crippen LogP contribution in [0.3, 0.4) is 0 Å². The molecule has 172 valence electrons. The van der Waals surface area contributed by atoms with E-state index in [0.29, 0.717) is 36.7 Å². The number of hydrogen-bond acceptors (Lipinski definition) is 6. The van der Waals surface area contributed by atoms with Gasteiger partial charge < -0.3 is 24.8 Å². The lowest BCUT2D eigenvalue weighted by Crippen LogP contribution is -2.50. The molecule has 2 rings (SSSR count). The minimum absolute atomic E-state index is 0. The van der Waals surface area contributed by atoms with Crippen molar-refractivity contribution in [2.75, 3.05) is 26.7 Å². The molecule has 9 nitrogen and oxygen atoms in total. The van der Waals surface area contributed by atoms with Crippen molar-refractivity contribution in [3.05, 3.63) is 11.7 Å². The maximum atomic E-state index is 12.5. The zero-order valence-electron chi connectivity index (χ0n) is 18.8. The molecule has 1 aliphatic heterocycles. The summed E-state index contributed by atoms with van der Waals surface area (Å²) in [4.78, 5) is 23.2. The number of aromatic nitrogens is 2. The fourth-order valence-electron chi connectivity index (χ4n) is 3.52. The fourth-order valence-corrected chi connectivity index (χ4v) is 3.52. The van der Waals surface area contributed by atoms with Gasteiger partial charge in [0.1, 0.15) is 6.10 Å². The van der Waals surface area contributed by atoms with Crippen LogP contribution in [0.2, 0.25) is 0 Å². The minimum Gasteiger partial charge on any atom is -0.371 e. The lowest BCUT2D eigenvalue weighted by molar-refractivity contribution is -0.136. The van der Waals surface area contributed by atoms with Gasteiger partial charge in [-0.15, -0.1) is 24.0 Å². The number of likely N-dealkylation sites (tertiary alicyclic amines) is 1. The largest absolute Gasteiger partial charge is 0.371 e. The van der Waals surface area contributed by atoms with Crippen LogP contribution in [-0.4, -0.2) is 59.7 Å². The van der Waals surface area contributed by atoms with Gasteiger partial charge in [0.05, 0.1) is 6.54 Å². The number of aliphatic imine (C=N–C) groups is 1. The second-order valence-corrected chi connectivity index (χ2v) is 7.33. The van der Waals surface area contributed by atoms with Crippen LogP contribution in [-0.2, 0) is 16.1 Å². The average Bonchev–Trinajstić information content (AvgIpc) is 3.21. The molecule has 1 atom stereocenters. The molecule has 0 bridgehead atoms. The van der Waals surface area contributed by atoms with Gasteiger partial charge in [0.25, 0.3) is 0 Å². The van der Waals surface area contributed by atoms with E-state index in [0.717, 1.165) is 38.8 Å². The van der Waals surface area contributed by atoms with Crippen molar-refractivity contribution in [2.24, 2.45) is 10.9 Å². The Bertz CT molecular complexity index is 657. The Morgan fingerprint density at radius 3 is 2.53 bits per heavy atom. The van der Waals surface area contributed by atoms with Crippen molar-refractivity contribution in [1.82, 2.24) is 25.7 Å². The number of ether oxygens (including phenoxy) is 1. The molecule has 1 unspecified atom stereocenters. The van der Waals surface area contributed by atoms with Gasteiger partial charge in [-0.1, -0.05) is 19.0 Å². The van der Waals surface area contributed by atoms with Gasteiger partial charge in [0.2, 0.25) is 11.8 Å². The molecule has 30 heavy (non-hydrogen) atoms. The normalized spacial score (nSPS) is 16.3. The van der Waals surface area contributed by atoms with Crippen LogP contribution in [0.15, 0.2) is 9.52 Å². The first-order valence-electron chi connectivity index (χ1n) is 10.7. The number of guanidine groups is 1. The van der Waals surface area contributed by atoms with Crippen LogP contribution in [0.25, 0.3) is 0 Å². The molecule has 0 radical (unpaired) electrons. The van der Waals surface area contributed by atoms with Crippen molar-refractivity contribution < 1.29 is 14.1 Å². The molecule has 1 fully saturated rings. The Morgan fingerprint density at radius 1 is 1.30 bits per heavy atom. The lowest BCUT2D eigenvalue weighted by Gasteiger charge is -2.34. The molecule has 0 aromatic carbocycles. The van der Waals surface area contributed by atoms with E-state index in [2.05, 4.69) is 39.6 Å². The minimum atomic E-state index is -0.192. The highest BCUT2D eigenvalue weighted by atomic mass is 127. The zero-order valence-corrected chi connectivity index (χ0v) is 21.1. The highest BCUT2D eigenvalue weighted by Crippen LogP contribution is 2.17. The molecule has 1 saturated heterocycles. The molecule has 10 heteroatoms. The van der Waals surface area contributed by atoms with Crippen molar-refractivity contribution in [2.45, 2.75) is 72.1 Å². The van der Waals surface area contributed by atoms with E-state index < -0.39 is 0 Å². The molecule has 2 N–H and O–H groups in total. The first-order valence-corrected chi connectivity index (χ1v) is 10.7. The smallest absolute Gasteiger partial charge is 0.246 e. The summed E-state index contributed by atoms with van der Waals surface area (Å²) in [6, 6.07) is 0.281. The molecule has 1 aromatic heterocycles. The van der Waals surface area contributed by atoms with Crippen LogP contribution in [0.4, 0.5) is 0 Å². The molecule has 2 heterocycles. The average molecular weight is 536 g/mol. The predicted molar refractivity (Wildman–Crippen MR) is 127 cm³/mol. The Balaban J connectivity index is 0.00000450. The zero-order chi connectivity index (χ0) is 21.2. The number of amides is 1. The molecular formula is C20H37IN6O3. The number of nitrogens with zero attached hydrogens (tertiary/aromatic N) is 4. The van der Waals surface area contributed by atoms with E-state index in [1.54, 1.807) is 7.05 Å². The van der Waals surface area contributed by atoms with Gasteiger partial charge in [-0.25, -0.2) is 0 Å². The monoisotopic (exact) mass is 536 g/mol. The first kappa shape index (κ1) is 26.6. The first-order chi connectivity index (χ1) is 14.0. The Hall–Kier alpha value is -1.43. The van der Waals surface area contributed by atoms with Crippen LogP contribution in [0, 0.1) is 5.92 Å². The molecule has 0 spiro atoms. The summed E-state index contributed by atoms with van der Waals surface area (Å²) < 4.78 is 10.7. The van der Waals surface area contributed by atoms with Crippen LogP contribution in [0.1, 0.15) is 71.2 Å². The maximum Gasteiger partial charge on any atom is 0.246 e. The molecule has 0 saturated carbocycles. The Morgan fingerprint density at radius 2 is 1.97 bits per heavy atom. The summed E-state index contributed by atoms with van der Waals surface area (Å²) in [6.45, 7) is 10.5. The standard InChI is InChI=1S/C20H36N6O3.HI/c1-6-15(7-2)19(27)26-11-9-16(10-12-26)23-20(21-5)22-13-17-24-18(25-29-17)14(4)28-8-3;/h14-16H,6-13H2,1-5H3,(H2,21,22,23);1H. The summed E-state index contributed by atoms with van der Waals surface area (Å²) in [5.41, 5.74) is 0. The molecule has 1 aliphatic rings. The van der Waals surface area contributed by atoms with Gasteiger partial charge in [-0.3, -0.25) is 9.79 Å². The molecule has 1 aromatic rings. The SMILES string of the molecule is CCOC(C)c1noc(CNC(=NC)NC2CCN(C(=O)C(CC)CC)CC2)n1.I. The van der Waals surface area contributed by atoms with Gasteiger partial charge in [-0.2, -0.15) is 4.98 Å². The maximum absolute atomic E-state index is 12.5. The van der Waals surface area contributed by atoms with Gasteiger partial charge in [-0.05, 0) is 39.5 Å². The third kappa shape index (κ3) is 7.68. The van der Waals surface area contributed by atoms with Crippen molar-refractivity contribution in [1.29, 1.82) is 0 Å². The quantitative estimate of drug-likeness (QED) is 0.284. The van der Waals surface area contributed by atoms with Crippen molar-refractivity contribution >= 4 is 35.8 Å². The summed E-state index contributed by atoms with van der Waals surface area (Å²) in [6.07, 6.45) is 3.44. The highest BCUT2D eigenvalue weighted by Gasteiger charge is 2.26. The van der Waals surface area contributed by atoms with Crippen molar-refractivity contribution in [3.63, 3.8) is 0 Å². The molecular weight excluding hydrogens is 499 g/mol. The lowest BCUT2D eigenvalue weighted by atomic mass is 9.98. The number of hydrogen-bond donors (Lipinski definition) is 2. The third-order valence-corrected chi connectivity index (χ3v) is 5.38. The molecule has 0 aliphatic carbocycles. The number of carbonyl (C=O) groups is 1. The second-order valence-electron chi connectivity index (χ2n) is 7.33. The second kappa shape index (κ2) is 13.8. The van der Waals surface area contributed by atoms with E-state index in [1.807, 2.05) is 18.7 Å². The van der Waals surface area contributed by atoms with Gasteiger partial charge >= 0.3 is 0 Å². The fraction of sp³-hybridized carbons (Fsp3) is 0.800. The van der Waals surface area contributed by atoms with E-state index in [-0.39, 0.29) is 42.0 Å². The van der Waals surface area contributed by atoms with Crippen molar-refractivity contribution in [3.8, 4) is 0 Å². The number of carbonyl (C=O) groups excluding carboxylic acids is 1. The van der Waals surface area contributed by atoms with E-state index >= 15 is 0 Å². The van der Waals surface area contributed by atoms with Gasteiger partial charge in [0, 0.05) is 38.7 Å². The van der Waals surface area contributed by atoms with E-state index in [4.69, 9.17) is 9.26 Å².